The second kappa shape index (κ2) is 8.72. The fraction of sp³-hybridized carbons (Fsp3) is 0.348. The molecule has 0 radical (unpaired) electrons. The quantitative estimate of drug-likeness (QED) is 0.604. The van der Waals surface area contributed by atoms with Crippen molar-refractivity contribution in [2.45, 2.75) is 37.1 Å². The third-order valence-electron chi connectivity index (χ3n) is 5.68. The molecule has 1 atom stereocenters. The summed E-state index contributed by atoms with van der Waals surface area (Å²) >= 11 is 0. The number of rotatable bonds is 6. The molecule has 7 nitrogen and oxygen atoms in total. The number of aromatic nitrogens is 1. The zero-order valence-corrected chi connectivity index (χ0v) is 18.8. The van der Waals surface area contributed by atoms with Gasteiger partial charge in [0.15, 0.2) is 0 Å². The Morgan fingerprint density at radius 3 is 2.61 bits per heavy atom. The monoisotopic (exact) mass is 441 g/mol. The maximum Gasteiger partial charge on any atom is 0.243 e. The number of hydrogen-bond donors (Lipinski definition) is 1. The van der Waals surface area contributed by atoms with E-state index in [4.69, 9.17) is 9.47 Å². The van der Waals surface area contributed by atoms with Crippen LogP contribution in [0, 0.1) is 0 Å². The lowest BCUT2D eigenvalue weighted by molar-refractivity contribution is 0.268. The first kappa shape index (κ1) is 21.4. The van der Waals surface area contributed by atoms with Crippen molar-refractivity contribution in [1.82, 2.24) is 9.29 Å². The maximum atomic E-state index is 13.1. The molecule has 0 aliphatic carbocycles. The van der Waals surface area contributed by atoms with E-state index in [1.165, 1.54) is 0 Å². The van der Waals surface area contributed by atoms with E-state index < -0.39 is 10.0 Å². The number of sulfonamides is 1. The van der Waals surface area contributed by atoms with Gasteiger partial charge in [-0.25, -0.2) is 13.4 Å². The minimum atomic E-state index is -3.52. The van der Waals surface area contributed by atoms with Gasteiger partial charge in [0, 0.05) is 24.0 Å². The maximum absolute atomic E-state index is 13.1. The molecule has 0 saturated carbocycles. The molecule has 1 N–H and O–H groups in total. The minimum absolute atomic E-state index is 0.0265. The van der Waals surface area contributed by atoms with Gasteiger partial charge in [-0.3, -0.25) is 0 Å². The topological polar surface area (TPSA) is 80.8 Å². The lowest BCUT2D eigenvalue weighted by atomic mass is 10.1. The second-order valence-electron chi connectivity index (χ2n) is 7.70. The van der Waals surface area contributed by atoms with Crippen molar-refractivity contribution in [1.29, 1.82) is 0 Å². The van der Waals surface area contributed by atoms with Gasteiger partial charge in [0.1, 0.15) is 17.3 Å². The van der Waals surface area contributed by atoms with Crippen LogP contribution in [0.4, 0.5) is 11.5 Å². The van der Waals surface area contributed by atoms with Crippen LogP contribution in [0.15, 0.2) is 53.4 Å². The Morgan fingerprint density at radius 2 is 1.87 bits per heavy atom. The first-order chi connectivity index (χ1) is 14.9. The number of piperidine rings is 1. The van der Waals surface area contributed by atoms with E-state index in [-0.39, 0.29) is 6.04 Å². The van der Waals surface area contributed by atoms with Crippen molar-refractivity contribution < 1.29 is 17.9 Å². The van der Waals surface area contributed by atoms with E-state index in [9.17, 15) is 8.42 Å². The van der Waals surface area contributed by atoms with Crippen LogP contribution in [0.25, 0.3) is 10.9 Å². The summed E-state index contributed by atoms with van der Waals surface area (Å²) in [4.78, 5) is 4.95. The number of nitrogens with one attached hydrogen (secondary N) is 1. The normalized spacial score (nSPS) is 17.5. The number of nitrogens with zero attached hydrogens (tertiary/aromatic N) is 2. The summed E-state index contributed by atoms with van der Waals surface area (Å²) in [5, 5.41) is 4.03. The lowest BCUT2D eigenvalue weighted by Crippen LogP contribution is -2.41. The van der Waals surface area contributed by atoms with Crippen LogP contribution in [0.3, 0.4) is 0 Å². The highest BCUT2D eigenvalue weighted by molar-refractivity contribution is 7.89. The Labute approximate surface area is 183 Å². The molecule has 4 rings (SSSR count). The first-order valence-electron chi connectivity index (χ1n) is 10.3. The van der Waals surface area contributed by atoms with E-state index in [0.717, 1.165) is 30.3 Å². The summed E-state index contributed by atoms with van der Waals surface area (Å²) in [7, 11) is -0.315. The molecule has 2 heterocycles. The highest BCUT2D eigenvalue weighted by Crippen LogP contribution is 2.32. The number of pyridine rings is 1. The van der Waals surface area contributed by atoms with Crippen LogP contribution < -0.4 is 14.8 Å². The average Bonchev–Trinajstić information content (AvgIpc) is 2.79. The summed E-state index contributed by atoms with van der Waals surface area (Å²) in [6, 6.07) is 14.3. The molecule has 3 aromatic rings. The first-order valence-corrected chi connectivity index (χ1v) is 11.8. The Balaban J connectivity index is 1.62. The summed E-state index contributed by atoms with van der Waals surface area (Å²) in [5.74, 6) is 1.97. The highest BCUT2D eigenvalue weighted by atomic mass is 32.2. The molecule has 8 heteroatoms. The van der Waals surface area contributed by atoms with Crippen molar-refractivity contribution in [3.05, 3.63) is 48.5 Å². The largest absolute Gasteiger partial charge is 0.497 e. The number of fused-ring (bicyclic) bond motifs is 1. The molecule has 164 valence electrons. The van der Waals surface area contributed by atoms with Gasteiger partial charge in [-0.05, 0) is 62.2 Å². The van der Waals surface area contributed by atoms with Crippen molar-refractivity contribution in [3.63, 3.8) is 0 Å². The fourth-order valence-corrected chi connectivity index (χ4v) is 5.67. The summed E-state index contributed by atoms with van der Waals surface area (Å²) < 4.78 is 38.6. The summed E-state index contributed by atoms with van der Waals surface area (Å²) in [6.45, 7) is 2.55. The molecule has 1 aromatic heterocycles. The van der Waals surface area contributed by atoms with Crippen LogP contribution >= 0.6 is 0 Å². The number of hydrogen-bond acceptors (Lipinski definition) is 6. The Bertz CT molecular complexity index is 1200. The Hall–Kier alpha value is -2.84. The van der Waals surface area contributed by atoms with Crippen LogP contribution in [0.2, 0.25) is 0 Å². The molecule has 0 bridgehead atoms. The minimum Gasteiger partial charge on any atom is -0.497 e. The molecule has 0 spiro atoms. The zero-order chi connectivity index (χ0) is 22.0. The fourth-order valence-electron chi connectivity index (χ4n) is 3.94. The van der Waals surface area contributed by atoms with Gasteiger partial charge in [0.2, 0.25) is 10.0 Å². The second-order valence-corrected chi connectivity index (χ2v) is 9.59. The van der Waals surface area contributed by atoms with E-state index in [2.05, 4.69) is 10.3 Å². The Morgan fingerprint density at radius 1 is 1.03 bits per heavy atom. The van der Waals surface area contributed by atoms with Crippen molar-refractivity contribution in [2.75, 3.05) is 26.1 Å². The summed E-state index contributed by atoms with van der Waals surface area (Å²) in [5.41, 5.74) is 1.47. The molecule has 1 aliphatic rings. The number of methoxy groups -OCH3 is 2. The van der Waals surface area contributed by atoms with Gasteiger partial charge in [0.05, 0.1) is 30.3 Å². The van der Waals surface area contributed by atoms with E-state index in [0.29, 0.717) is 34.3 Å². The van der Waals surface area contributed by atoms with Gasteiger partial charge >= 0.3 is 0 Å². The molecule has 0 amide bonds. The molecule has 2 aromatic carbocycles. The van der Waals surface area contributed by atoms with Crippen LogP contribution in [0.1, 0.15) is 26.2 Å². The van der Waals surface area contributed by atoms with Crippen LogP contribution in [0.5, 0.6) is 11.5 Å². The van der Waals surface area contributed by atoms with E-state index in [1.807, 2.05) is 31.2 Å². The smallest absolute Gasteiger partial charge is 0.243 e. The molecule has 31 heavy (non-hydrogen) atoms. The molecule has 1 unspecified atom stereocenters. The van der Waals surface area contributed by atoms with E-state index in [1.54, 1.807) is 42.8 Å². The van der Waals surface area contributed by atoms with Gasteiger partial charge < -0.3 is 14.8 Å². The average molecular weight is 442 g/mol. The molecular weight excluding hydrogens is 414 g/mol. The predicted octanol–water partition coefficient (Wildman–Crippen LogP) is 4.56. The van der Waals surface area contributed by atoms with Gasteiger partial charge in [-0.15, -0.1) is 0 Å². The highest BCUT2D eigenvalue weighted by Gasteiger charge is 2.31. The molecule has 1 aliphatic heterocycles. The zero-order valence-electron chi connectivity index (χ0n) is 18.0. The number of ether oxygens (including phenoxy) is 2. The van der Waals surface area contributed by atoms with Crippen LogP contribution in [-0.2, 0) is 10.0 Å². The van der Waals surface area contributed by atoms with Crippen LogP contribution in [-0.4, -0.2) is 44.5 Å². The molecule has 1 fully saturated rings. The van der Waals surface area contributed by atoms with Gasteiger partial charge in [0.25, 0.3) is 0 Å². The molecular formula is C23H27N3O4S. The third kappa shape index (κ3) is 4.31. The third-order valence-corrected chi connectivity index (χ3v) is 7.69. The standard InChI is InChI=1S/C23H27N3O4S/c1-16-6-4-5-13-26(16)31(27,28)19-9-11-20-17(14-19)7-12-23(24-20)25-21-10-8-18(29-2)15-22(21)30-3/h7-12,14-16H,4-6,13H2,1-3H3,(H,24,25). The van der Waals surface area contributed by atoms with E-state index >= 15 is 0 Å². The summed E-state index contributed by atoms with van der Waals surface area (Å²) in [6.07, 6.45) is 2.88. The molecule has 1 saturated heterocycles. The van der Waals surface area contributed by atoms with Gasteiger partial charge in [-0.2, -0.15) is 4.31 Å². The number of benzene rings is 2. The Kier molecular flexibility index (Phi) is 6.02. The SMILES string of the molecule is COc1ccc(Nc2ccc3cc(S(=O)(=O)N4CCCCC4C)ccc3n2)c(OC)c1. The number of anilines is 2. The van der Waals surface area contributed by atoms with Gasteiger partial charge in [-0.1, -0.05) is 6.42 Å². The predicted molar refractivity (Wildman–Crippen MR) is 122 cm³/mol. The van der Waals surface area contributed by atoms with Crippen molar-refractivity contribution in [2.24, 2.45) is 0 Å². The lowest BCUT2D eigenvalue weighted by Gasteiger charge is -2.32. The van der Waals surface area contributed by atoms with Crippen molar-refractivity contribution in [3.8, 4) is 11.5 Å². The van der Waals surface area contributed by atoms with Crippen molar-refractivity contribution >= 4 is 32.4 Å².